The lowest BCUT2D eigenvalue weighted by molar-refractivity contribution is 0.458. The van der Waals surface area contributed by atoms with Crippen LogP contribution in [-0.4, -0.2) is 5.11 Å². The van der Waals surface area contributed by atoms with Crippen LogP contribution in [0.25, 0.3) is 0 Å². The van der Waals surface area contributed by atoms with E-state index in [1.165, 1.54) is 11.1 Å². The second-order valence-corrected chi connectivity index (χ2v) is 6.71. The Morgan fingerprint density at radius 1 is 1.05 bits per heavy atom. The lowest BCUT2D eigenvalue weighted by atomic mass is 9.82. The number of phenolic OH excluding ortho intramolecular Hbond substituents is 1. The van der Waals surface area contributed by atoms with Gasteiger partial charge >= 0.3 is 0 Å². The molecule has 0 heterocycles. The number of thioether (sulfide) groups is 1. The molecule has 2 aromatic carbocycles. The highest BCUT2D eigenvalue weighted by molar-refractivity contribution is 7.98. The zero-order valence-electron chi connectivity index (χ0n) is 12.4. The second-order valence-electron chi connectivity index (χ2n) is 5.69. The molecule has 0 aromatic heterocycles. The van der Waals surface area contributed by atoms with Gasteiger partial charge in [0.25, 0.3) is 0 Å². The van der Waals surface area contributed by atoms with Crippen molar-refractivity contribution in [3.8, 4) is 5.75 Å². The predicted octanol–water partition coefficient (Wildman–Crippen LogP) is 5.37. The van der Waals surface area contributed by atoms with Gasteiger partial charge in [0.05, 0.1) is 0 Å². The Labute approximate surface area is 126 Å². The molecule has 0 saturated carbocycles. The Bertz CT molecular complexity index is 561. The van der Waals surface area contributed by atoms with E-state index in [4.69, 9.17) is 0 Å². The van der Waals surface area contributed by atoms with Crippen LogP contribution in [-0.2, 0) is 11.2 Å². The van der Waals surface area contributed by atoms with Crippen LogP contribution < -0.4 is 0 Å². The fourth-order valence-corrected chi connectivity index (χ4v) is 2.93. The van der Waals surface area contributed by atoms with Gasteiger partial charge in [0.15, 0.2) is 0 Å². The molecule has 0 fully saturated rings. The number of rotatable bonds is 5. The standard InChI is InChI=1S/C18H22OS/c1-4-18(2,3)15-10-11-16(19)17(12-15)20-13-14-8-6-5-7-9-14/h5-12,19H,4,13H2,1-3H3. The molecule has 2 aromatic rings. The van der Waals surface area contributed by atoms with Gasteiger partial charge in [-0.1, -0.05) is 57.2 Å². The van der Waals surface area contributed by atoms with Gasteiger partial charge in [-0.25, -0.2) is 0 Å². The number of aromatic hydroxyl groups is 1. The molecule has 0 atom stereocenters. The molecule has 1 N–H and O–H groups in total. The highest BCUT2D eigenvalue weighted by Crippen LogP contribution is 2.36. The molecule has 0 saturated heterocycles. The van der Waals surface area contributed by atoms with Crippen molar-refractivity contribution in [2.24, 2.45) is 0 Å². The molecule has 0 unspecified atom stereocenters. The van der Waals surface area contributed by atoms with E-state index in [1.807, 2.05) is 30.3 Å². The maximum absolute atomic E-state index is 10.0. The summed E-state index contributed by atoms with van der Waals surface area (Å²) in [7, 11) is 0. The lowest BCUT2D eigenvalue weighted by Crippen LogP contribution is -2.15. The van der Waals surface area contributed by atoms with E-state index < -0.39 is 0 Å². The van der Waals surface area contributed by atoms with Gasteiger partial charge in [0, 0.05) is 10.6 Å². The van der Waals surface area contributed by atoms with E-state index in [2.05, 4.69) is 39.0 Å². The SMILES string of the molecule is CCC(C)(C)c1ccc(O)c(SCc2ccccc2)c1. The Morgan fingerprint density at radius 2 is 1.75 bits per heavy atom. The van der Waals surface area contributed by atoms with E-state index in [0.29, 0.717) is 5.75 Å². The third-order valence-electron chi connectivity index (χ3n) is 3.86. The summed E-state index contributed by atoms with van der Waals surface area (Å²) >= 11 is 1.69. The van der Waals surface area contributed by atoms with Crippen molar-refractivity contribution in [1.29, 1.82) is 0 Å². The summed E-state index contributed by atoms with van der Waals surface area (Å²) in [6, 6.07) is 16.3. The average Bonchev–Trinajstić information content (AvgIpc) is 2.47. The highest BCUT2D eigenvalue weighted by atomic mass is 32.2. The monoisotopic (exact) mass is 286 g/mol. The van der Waals surface area contributed by atoms with Crippen LogP contribution >= 0.6 is 11.8 Å². The third-order valence-corrected chi connectivity index (χ3v) is 4.98. The summed E-state index contributed by atoms with van der Waals surface area (Å²) < 4.78 is 0. The Morgan fingerprint density at radius 3 is 2.40 bits per heavy atom. The van der Waals surface area contributed by atoms with Crippen LogP contribution in [0.15, 0.2) is 53.4 Å². The molecule has 0 aliphatic carbocycles. The van der Waals surface area contributed by atoms with Gasteiger partial charge < -0.3 is 5.11 Å². The normalized spacial score (nSPS) is 11.6. The van der Waals surface area contributed by atoms with Crippen molar-refractivity contribution >= 4 is 11.8 Å². The third kappa shape index (κ3) is 3.57. The van der Waals surface area contributed by atoms with Crippen molar-refractivity contribution in [3.05, 3.63) is 59.7 Å². The molecule has 1 nitrogen and oxygen atoms in total. The van der Waals surface area contributed by atoms with Crippen LogP contribution in [0.2, 0.25) is 0 Å². The first kappa shape index (κ1) is 15.0. The number of benzene rings is 2. The quantitative estimate of drug-likeness (QED) is 0.745. The van der Waals surface area contributed by atoms with Crippen LogP contribution in [0.4, 0.5) is 0 Å². The van der Waals surface area contributed by atoms with Gasteiger partial charge in [-0.3, -0.25) is 0 Å². The summed E-state index contributed by atoms with van der Waals surface area (Å²) in [5, 5.41) is 10.0. The molecule has 20 heavy (non-hydrogen) atoms. The van der Waals surface area contributed by atoms with Crippen LogP contribution in [0.1, 0.15) is 38.3 Å². The van der Waals surface area contributed by atoms with Crippen molar-refractivity contribution in [2.45, 2.75) is 43.3 Å². The first-order valence-corrected chi connectivity index (χ1v) is 8.01. The minimum absolute atomic E-state index is 0.149. The van der Waals surface area contributed by atoms with E-state index in [0.717, 1.165) is 17.1 Å². The van der Waals surface area contributed by atoms with E-state index in [-0.39, 0.29) is 5.41 Å². The van der Waals surface area contributed by atoms with Crippen molar-refractivity contribution in [3.63, 3.8) is 0 Å². The second kappa shape index (κ2) is 6.36. The van der Waals surface area contributed by atoms with E-state index >= 15 is 0 Å². The maximum atomic E-state index is 10.0. The summed E-state index contributed by atoms with van der Waals surface area (Å²) in [5.41, 5.74) is 2.71. The molecule has 106 valence electrons. The molecule has 0 amide bonds. The summed E-state index contributed by atoms with van der Waals surface area (Å²) in [5.74, 6) is 1.26. The molecule has 0 spiro atoms. The Hall–Kier alpha value is -1.41. The Balaban J connectivity index is 2.17. The molecule has 0 bridgehead atoms. The molecular weight excluding hydrogens is 264 g/mol. The van der Waals surface area contributed by atoms with Gasteiger partial charge in [-0.15, -0.1) is 11.8 Å². The predicted molar refractivity (Wildman–Crippen MR) is 87.4 cm³/mol. The molecule has 2 heteroatoms. The highest BCUT2D eigenvalue weighted by Gasteiger charge is 2.19. The smallest absolute Gasteiger partial charge is 0.129 e. The first-order chi connectivity index (χ1) is 9.53. The first-order valence-electron chi connectivity index (χ1n) is 7.03. The van der Waals surface area contributed by atoms with Gasteiger partial charge in [0.1, 0.15) is 5.75 Å². The molecule has 2 rings (SSSR count). The maximum Gasteiger partial charge on any atom is 0.129 e. The molecule has 0 aliphatic rings. The van der Waals surface area contributed by atoms with Gasteiger partial charge in [-0.05, 0) is 35.1 Å². The minimum atomic E-state index is 0.149. The summed E-state index contributed by atoms with van der Waals surface area (Å²) in [4.78, 5) is 0.966. The fraction of sp³-hybridized carbons (Fsp3) is 0.333. The van der Waals surface area contributed by atoms with Gasteiger partial charge in [-0.2, -0.15) is 0 Å². The van der Waals surface area contributed by atoms with Crippen LogP contribution in [0.3, 0.4) is 0 Å². The van der Waals surface area contributed by atoms with Gasteiger partial charge in [0.2, 0.25) is 0 Å². The molecule has 0 radical (unpaired) electrons. The fourth-order valence-electron chi connectivity index (χ4n) is 1.99. The summed E-state index contributed by atoms with van der Waals surface area (Å²) in [6.07, 6.45) is 1.08. The Kier molecular flexibility index (Phi) is 4.77. The zero-order chi connectivity index (χ0) is 14.6. The minimum Gasteiger partial charge on any atom is -0.507 e. The largest absolute Gasteiger partial charge is 0.507 e. The number of hydrogen-bond acceptors (Lipinski definition) is 2. The molecule has 0 aliphatic heterocycles. The van der Waals surface area contributed by atoms with Crippen LogP contribution in [0.5, 0.6) is 5.75 Å². The van der Waals surface area contributed by atoms with Crippen molar-refractivity contribution in [1.82, 2.24) is 0 Å². The number of hydrogen-bond donors (Lipinski definition) is 1. The molecular formula is C18H22OS. The van der Waals surface area contributed by atoms with E-state index in [9.17, 15) is 5.11 Å². The van der Waals surface area contributed by atoms with Crippen molar-refractivity contribution < 1.29 is 5.11 Å². The number of phenols is 1. The topological polar surface area (TPSA) is 20.2 Å². The summed E-state index contributed by atoms with van der Waals surface area (Å²) in [6.45, 7) is 6.68. The lowest BCUT2D eigenvalue weighted by Gasteiger charge is -2.24. The average molecular weight is 286 g/mol. The zero-order valence-corrected chi connectivity index (χ0v) is 13.2. The van der Waals surface area contributed by atoms with E-state index in [1.54, 1.807) is 11.8 Å². The van der Waals surface area contributed by atoms with Crippen LogP contribution in [0, 0.1) is 0 Å². The van der Waals surface area contributed by atoms with Crippen molar-refractivity contribution in [2.75, 3.05) is 0 Å².